The predicted molar refractivity (Wildman–Crippen MR) is 121 cm³/mol. The first-order chi connectivity index (χ1) is 15.0. The minimum absolute atomic E-state index is 0.104. The first-order valence-electron chi connectivity index (χ1n) is 10.8. The van der Waals surface area contributed by atoms with Crippen LogP contribution in [0.4, 0.5) is 4.39 Å². The summed E-state index contributed by atoms with van der Waals surface area (Å²) in [5.41, 5.74) is 3.02. The fourth-order valence-corrected chi connectivity index (χ4v) is 3.37. The molecule has 0 bridgehead atoms. The number of hydrogen-bond acceptors (Lipinski definition) is 3. The van der Waals surface area contributed by atoms with Crippen LogP contribution in [0.15, 0.2) is 47.5 Å². The quantitative estimate of drug-likeness (QED) is 0.447. The normalized spacial score (nSPS) is 16.2. The molecule has 1 amide bonds. The SMILES string of the molecule is CCNC(=NCc1cccc(C(=O)NCC2CCCO2)c1)NCc1ccc(C)c(F)c1. The topological polar surface area (TPSA) is 74.8 Å². The molecular formula is C24H31FN4O2. The summed E-state index contributed by atoms with van der Waals surface area (Å²) in [6, 6.07) is 12.7. The highest BCUT2D eigenvalue weighted by Crippen LogP contribution is 2.12. The molecular weight excluding hydrogens is 395 g/mol. The van der Waals surface area contributed by atoms with E-state index in [1.807, 2.05) is 31.2 Å². The van der Waals surface area contributed by atoms with Crippen molar-refractivity contribution in [2.24, 2.45) is 4.99 Å². The Morgan fingerprint density at radius 1 is 1.16 bits per heavy atom. The minimum Gasteiger partial charge on any atom is -0.376 e. The van der Waals surface area contributed by atoms with Crippen molar-refractivity contribution in [1.29, 1.82) is 0 Å². The number of carbonyl (C=O) groups is 1. The summed E-state index contributed by atoms with van der Waals surface area (Å²) in [7, 11) is 0. The molecule has 1 atom stereocenters. The van der Waals surface area contributed by atoms with Gasteiger partial charge in [-0.2, -0.15) is 0 Å². The molecule has 2 aromatic carbocycles. The Balaban J connectivity index is 1.57. The zero-order valence-electron chi connectivity index (χ0n) is 18.2. The monoisotopic (exact) mass is 426 g/mol. The van der Waals surface area contributed by atoms with Gasteiger partial charge in [0.15, 0.2) is 5.96 Å². The zero-order valence-corrected chi connectivity index (χ0v) is 18.2. The molecule has 1 fully saturated rings. The van der Waals surface area contributed by atoms with Gasteiger partial charge in [-0.3, -0.25) is 4.79 Å². The number of rotatable bonds is 8. The number of nitrogens with zero attached hydrogens (tertiary/aromatic N) is 1. The molecule has 6 nitrogen and oxygen atoms in total. The molecule has 7 heteroatoms. The van der Waals surface area contributed by atoms with Gasteiger partial charge in [-0.05, 0) is 61.6 Å². The molecule has 0 radical (unpaired) electrons. The second-order valence-electron chi connectivity index (χ2n) is 7.68. The number of aryl methyl sites for hydroxylation is 1. The summed E-state index contributed by atoms with van der Waals surface area (Å²) in [4.78, 5) is 17.0. The number of guanidine groups is 1. The second kappa shape index (κ2) is 11.5. The van der Waals surface area contributed by atoms with Gasteiger partial charge in [0.1, 0.15) is 5.82 Å². The molecule has 1 aliphatic heterocycles. The molecule has 0 saturated carbocycles. The van der Waals surface area contributed by atoms with Crippen LogP contribution >= 0.6 is 0 Å². The minimum atomic E-state index is -0.212. The Bertz CT molecular complexity index is 910. The van der Waals surface area contributed by atoms with Gasteiger partial charge in [0, 0.05) is 31.8 Å². The van der Waals surface area contributed by atoms with E-state index in [-0.39, 0.29) is 17.8 Å². The number of ether oxygens (including phenoxy) is 1. The maximum Gasteiger partial charge on any atom is 0.251 e. The molecule has 3 N–H and O–H groups in total. The first-order valence-corrected chi connectivity index (χ1v) is 10.8. The Hall–Kier alpha value is -2.93. The van der Waals surface area contributed by atoms with Gasteiger partial charge in [0.25, 0.3) is 5.91 Å². The second-order valence-corrected chi connectivity index (χ2v) is 7.68. The Kier molecular flexibility index (Phi) is 8.41. The lowest BCUT2D eigenvalue weighted by Gasteiger charge is -2.12. The highest BCUT2D eigenvalue weighted by molar-refractivity contribution is 5.94. The fraction of sp³-hybridized carbons (Fsp3) is 0.417. The van der Waals surface area contributed by atoms with E-state index in [2.05, 4.69) is 20.9 Å². The van der Waals surface area contributed by atoms with Gasteiger partial charge in [-0.25, -0.2) is 9.38 Å². The van der Waals surface area contributed by atoms with Crippen LogP contribution in [0, 0.1) is 12.7 Å². The number of carbonyl (C=O) groups excluding carboxylic acids is 1. The van der Waals surface area contributed by atoms with Gasteiger partial charge in [-0.1, -0.05) is 24.3 Å². The largest absolute Gasteiger partial charge is 0.376 e. The molecule has 31 heavy (non-hydrogen) atoms. The third-order valence-electron chi connectivity index (χ3n) is 5.16. The lowest BCUT2D eigenvalue weighted by Crippen LogP contribution is -2.36. The Morgan fingerprint density at radius 2 is 2.03 bits per heavy atom. The summed E-state index contributed by atoms with van der Waals surface area (Å²) in [5, 5.41) is 9.36. The molecule has 2 aromatic rings. The molecule has 0 aromatic heterocycles. The van der Waals surface area contributed by atoms with E-state index in [0.717, 1.165) is 30.6 Å². The van der Waals surface area contributed by atoms with Gasteiger partial charge < -0.3 is 20.7 Å². The molecule has 166 valence electrons. The van der Waals surface area contributed by atoms with Gasteiger partial charge in [-0.15, -0.1) is 0 Å². The van der Waals surface area contributed by atoms with E-state index in [4.69, 9.17) is 4.74 Å². The van der Waals surface area contributed by atoms with Gasteiger partial charge in [0.05, 0.1) is 12.6 Å². The Labute approximate surface area is 183 Å². The number of hydrogen-bond donors (Lipinski definition) is 3. The maximum atomic E-state index is 13.8. The van der Waals surface area contributed by atoms with E-state index in [0.29, 0.717) is 43.3 Å². The smallest absolute Gasteiger partial charge is 0.251 e. The first kappa shape index (κ1) is 22.7. The Morgan fingerprint density at radius 3 is 2.77 bits per heavy atom. The number of aliphatic imine (C=N–C) groups is 1. The van der Waals surface area contributed by atoms with Crippen molar-refractivity contribution in [2.45, 2.75) is 45.9 Å². The predicted octanol–water partition coefficient (Wildman–Crippen LogP) is 3.30. The van der Waals surface area contributed by atoms with E-state index >= 15 is 0 Å². The highest BCUT2D eigenvalue weighted by atomic mass is 19.1. The van der Waals surface area contributed by atoms with Crippen LogP contribution in [0.2, 0.25) is 0 Å². The number of amides is 1. The van der Waals surface area contributed by atoms with Crippen molar-refractivity contribution >= 4 is 11.9 Å². The van der Waals surface area contributed by atoms with Crippen molar-refractivity contribution in [3.05, 3.63) is 70.5 Å². The highest BCUT2D eigenvalue weighted by Gasteiger charge is 2.16. The fourth-order valence-electron chi connectivity index (χ4n) is 3.37. The molecule has 1 unspecified atom stereocenters. The molecule has 0 spiro atoms. The average Bonchev–Trinajstić information content (AvgIpc) is 3.30. The number of benzene rings is 2. The third kappa shape index (κ3) is 7.07. The van der Waals surface area contributed by atoms with E-state index in [1.54, 1.807) is 19.1 Å². The van der Waals surface area contributed by atoms with Crippen LogP contribution in [0.5, 0.6) is 0 Å². The number of halogens is 1. The van der Waals surface area contributed by atoms with Crippen LogP contribution < -0.4 is 16.0 Å². The third-order valence-corrected chi connectivity index (χ3v) is 5.16. The summed E-state index contributed by atoms with van der Waals surface area (Å²) in [6.45, 7) is 6.64. The van der Waals surface area contributed by atoms with Crippen molar-refractivity contribution in [2.75, 3.05) is 19.7 Å². The van der Waals surface area contributed by atoms with Crippen molar-refractivity contribution in [3.63, 3.8) is 0 Å². The maximum absolute atomic E-state index is 13.8. The molecule has 3 rings (SSSR count). The molecule has 0 aliphatic carbocycles. The zero-order chi connectivity index (χ0) is 22.1. The van der Waals surface area contributed by atoms with Crippen LogP contribution in [0.3, 0.4) is 0 Å². The van der Waals surface area contributed by atoms with E-state index in [9.17, 15) is 9.18 Å². The van der Waals surface area contributed by atoms with Gasteiger partial charge >= 0.3 is 0 Å². The number of nitrogens with one attached hydrogen (secondary N) is 3. The average molecular weight is 427 g/mol. The summed E-state index contributed by atoms with van der Waals surface area (Å²) < 4.78 is 19.3. The van der Waals surface area contributed by atoms with Crippen molar-refractivity contribution in [3.8, 4) is 0 Å². The van der Waals surface area contributed by atoms with Crippen molar-refractivity contribution in [1.82, 2.24) is 16.0 Å². The molecule has 1 heterocycles. The van der Waals surface area contributed by atoms with E-state index < -0.39 is 0 Å². The van der Waals surface area contributed by atoms with Gasteiger partial charge in [0.2, 0.25) is 0 Å². The molecule has 1 saturated heterocycles. The van der Waals surface area contributed by atoms with Crippen molar-refractivity contribution < 1.29 is 13.9 Å². The van der Waals surface area contributed by atoms with Crippen LogP contribution in [-0.2, 0) is 17.8 Å². The lowest BCUT2D eigenvalue weighted by molar-refractivity contribution is 0.0857. The van der Waals surface area contributed by atoms with Crippen LogP contribution in [0.1, 0.15) is 46.8 Å². The molecule has 1 aliphatic rings. The summed E-state index contributed by atoms with van der Waals surface area (Å²) in [5.74, 6) is 0.320. The standard InChI is InChI=1S/C24H31FN4O2/c1-3-26-24(29-15-19-10-9-17(2)22(25)13-19)28-14-18-6-4-7-20(12-18)23(30)27-16-21-8-5-11-31-21/h4,6-7,9-10,12-13,21H,3,5,8,11,14-16H2,1-2H3,(H,27,30)(H2,26,28,29). The summed E-state index contributed by atoms with van der Waals surface area (Å²) >= 11 is 0. The lowest BCUT2D eigenvalue weighted by atomic mass is 10.1. The van der Waals surface area contributed by atoms with Crippen LogP contribution in [0.25, 0.3) is 0 Å². The van der Waals surface area contributed by atoms with E-state index in [1.165, 1.54) is 6.07 Å². The van der Waals surface area contributed by atoms with Crippen LogP contribution in [-0.4, -0.2) is 37.7 Å². The summed E-state index contributed by atoms with van der Waals surface area (Å²) in [6.07, 6.45) is 2.16.